The third-order valence-electron chi connectivity index (χ3n) is 2.97. The Balaban J connectivity index is 2.32. The van der Waals surface area contributed by atoms with Crippen LogP contribution < -0.4 is 0 Å². The van der Waals surface area contributed by atoms with Crippen LogP contribution >= 0.6 is 11.6 Å². The Bertz CT molecular complexity index is 549. The average molecular weight is 267 g/mol. The summed E-state index contributed by atoms with van der Waals surface area (Å²) in [5.41, 5.74) is 2.73. The van der Waals surface area contributed by atoms with Crippen LogP contribution in [0.1, 0.15) is 30.8 Å². The normalized spacial score (nSPS) is 10.9. The standard InChI is InChI=1S/C14H16ClFN2/c1-3-12-8-13(4-2)18(17-12)9-10-7-11(15)5-6-14(10)16/h5-8H,3-4,9H2,1-2H3. The van der Waals surface area contributed by atoms with E-state index >= 15 is 0 Å². The molecule has 1 aromatic heterocycles. The highest BCUT2D eigenvalue weighted by Gasteiger charge is 2.09. The van der Waals surface area contributed by atoms with Crippen molar-refractivity contribution in [3.05, 3.63) is 52.1 Å². The summed E-state index contributed by atoms with van der Waals surface area (Å²) in [6, 6.07) is 6.68. The molecule has 1 heterocycles. The van der Waals surface area contributed by atoms with Crippen molar-refractivity contribution in [1.82, 2.24) is 9.78 Å². The van der Waals surface area contributed by atoms with E-state index in [0.29, 0.717) is 17.1 Å². The number of benzene rings is 1. The van der Waals surface area contributed by atoms with Crippen LogP contribution in [0.5, 0.6) is 0 Å². The van der Waals surface area contributed by atoms with Crippen LogP contribution in [0.25, 0.3) is 0 Å². The summed E-state index contributed by atoms with van der Waals surface area (Å²) < 4.78 is 15.5. The summed E-state index contributed by atoms with van der Waals surface area (Å²) in [7, 11) is 0. The molecule has 0 aliphatic carbocycles. The smallest absolute Gasteiger partial charge is 0.128 e. The summed E-state index contributed by atoms with van der Waals surface area (Å²) in [4.78, 5) is 0. The molecule has 0 aliphatic rings. The first-order valence-electron chi connectivity index (χ1n) is 6.13. The van der Waals surface area contributed by atoms with Crippen LogP contribution in [0.3, 0.4) is 0 Å². The van der Waals surface area contributed by atoms with Gasteiger partial charge >= 0.3 is 0 Å². The van der Waals surface area contributed by atoms with E-state index in [0.717, 1.165) is 24.2 Å². The Morgan fingerprint density at radius 2 is 2.00 bits per heavy atom. The number of aromatic nitrogens is 2. The van der Waals surface area contributed by atoms with E-state index in [1.165, 1.54) is 6.07 Å². The third-order valence-corrected chi connectivity index (χ3v) is 3.20. The second kappa shape index (κ2) is 5.53. The topological polar surface area (TPSA) is 17.8 Å². The lowest BCUT2D eigenvalue weighted by Gasteiger charge is -2.07. The van der Waals surface area contributed by atoms with Gasteiger partial charge in [0.25, 0.3) is 0 Å². The lowest BCUT2D eigenvalue weighted by atomic mass is 10.2. The molecule has 0 radical (unpaired) electrons. The molecule has 0 N–H and O–H groups in total. The first kappa shape index (κ1) is 13.1. The first-order chi connectivity index (χ1) is 8.63. The predicted octanol–water partition coefficient (Wildman–Crippen LogP) is 3.85. The maximum atomic E-state index is 13.7. The van der Waals surface area contributed by atoms with Crippen LogP contribution in [-0.2, 0) is 19.4 Å². The molecule has 0 bridgehead atoms. The van der Waals surface area contributed by atoms with Gasteiger partial charge in [-0.05, 0) is 37.1 Å². The molecule has 0 atom stereocenters. The molecular weight excluding hydrogens is 251 g/mol. The van der Waals surface area contributed by atoms with Crippen molar-refractivity contribution in [2.45, 2.75) is 33.2 Å². The highest BCUT2D eigenvalue weighted by atomic mass is 35.5. The monoisotopic (exact) mass is 266 g/mol. The third kappa shape index (κ3) is 2.72. The van der Waals surface area contributed by atoms with Crippen LogP contribution in [0.2, 0.25) is 5.02 Å². The van der Waals surface area contributed by atoms with Gasteiger partial charge in [-0.2, -0.15) is 5.10 Å². The number of rotatable bonds is 4. The second-order valence-electron chi connectivity index (χ2n) is 4.23. The van der Waals surface area contributed by atoms with Crippen LogP contribution in [-0.4, -0.2) is 9.78 Å². The number of hydrogen-bond acceptors (Lipinski definition) is 1. The molecule has 1 aromatic carbocycles. The predicted molar refractivity (Wildman–Crippen MR) is 71.5 cm³/mol. The van der Waals surface area contributed by atoms with Gasteiger partial charge in [-0.25, -0.2) is 4.39 Å². The number of aryl methyl sites for hydroxylation is 2. The Kier molecular flexibility index (Phi) is 4.02. The minimum Gasteiger partial charge on any atom is -0.265 e. The first-order valence-corrected chi connectivity index (χ1v) is 6.51. The molecule has 2 nitrogen and oxygen atoms in total. The lowest BCUT2D eigenvalue weighted by Crippen LogP contribution is -2.07. The van der Waals surface area contributed by atoms with Crippen LogP contribution in [0.15, 0.2) is 24.3 Å². The van der Waals surface area contributed by atoms with Crippen molar-refractivity contribution < 1.29 is 4.39 Å². The molecule has 0 aliphatic heterocycles. The van der Waals surface area contributed by atoms with Gasteiger partial charge in [-0.1, -0.05) is 25.4 Å². The second-order valence-corrected chi connectivity index (χ2v) is 4.66. The molecule has 4 heteroatoms. The van der Waals surface area contributed by atoms with Gasteiger partial charge in [0.05, 0.1) is 12.2 Å². The Morgan fingerprint density at radius 1 is 1.22 bits per heavy atom. The summed E-state index contributed by atoms with van der Waals surface area (Å²) in [6.07, 6.45) is 1.77. The van der Waals surface area contributed by atoms with E-state index in [9.17, 15) is 4.39 Å². The van der Waals surface area contributed by atoms with Crippen molar-refractivity contribution in [3.8, 4) is 0 Å². The number of nitrogens with zero attached hydrogens (tertiary/aromatic N) is 2. The van der Waals surface area contributed by atoms with E-state index in [1.54, 1.807) is 12.1 Å². The maximum absolute atomic E-state index is 13.7. The fourth-order valence-electron chi connectivity index (χ4n) is 1.94. The molecule has 2 rings (SSSR count). The highest BCUT2D eigenvalue weighted by molar-refractivity contribution is 6.30. The van der Waals surface area contributed by atoms with Crippen molar-refractivity contribution in [1.29, 1.82) is 0 Å². The van der Waals surface area contributed by atoms with Gasteiger partial charge in [-0.3, -0.25) is 4.68 Å². The van der Waals surface area contributed by atoms with Crippen molar-refractivity contribution in [3.63, 3.8) is 0 Å². The summed E-state index contributed by atoms with van der Waals surface area (Å²) >= 11 is 5.89. The van der Waals surface area contributed by atoms with Gasteiger partial charge in [0, 0.05) is 16.3 Å². The largest absolute Gasteiger partial charge is 0.265 e. The molecule has 0 unspecified atom stereocenters. The molecule has 0 saturated carbocycles. The summed E-state index contributed by atoms with van der Waals surface area (Å²) in [5, 5.41) is 5.02. The quantitative estimate of drug-likeness (QED) is 0.822. The minimum atomic E-state index is -0.241. The number of hydrogen-bond donors (Lipinski definition) is 0. The molecule has 0 saturated heterocycles. The van der Waals surface area contributed by atoms with E-state index in [4.69, 9.17) is 11.6 Å². The molecule has 0 fully saturated rings. The zero-order chi connectivity index (χ0) is 13.1. The molecule has 18 heavy (non-hydrogen) atoms. The maximum Gasteiger partial charge on any atom is 0.128 e. The Hall–Kier alpha value is -1.35. The Labute approximate surface area is 111 Å². The van der Waals surface area contributed by atoms with Crippen molar-refractivity contribution in [2.75, 3.05) is 0 Å². The summed E-state index contributed by atoms with van der Waals surface area (Å²) in [6.45, 7) is 4.56. The fourth-order valence-corrected chi connectivity index (χ4v) is 2.13. The van der Waals surface area contributed by atoms with E-state index in [2.05, 4.69) is 25.0 Å². The molecule has 0 spiro atoms. The van der Waals surface area contributed by atoms with E-state index < -0.39 is 0 Å². The minimum absolute atomic E-state index is 0.241. The molecular formula is C14H16ClFN2. The summed E-state index contributed by atoms with van der Waals surface area (Å²) in [5.74, 6) is -0.241. The molecule has 96 valence electrons. The van der Waals surface area contributed by atoms with Gasteiger partial charge in [0.15, 0.2) is 0 Å². The molecule has 0 amide bonds. The van der Waals surface area contributed by atoms with Gasteiger partial charge in [0.2, 0.25) is 0 Å². The number of halogens is 2. The average Bonchev–Trinajstić information content (AvgIpc) is 2.76. The van der Waals surface area contributed by atoms with Crippen LogP contribution in [0.4, 0.5) is 4.39 Å². The fraction of sp³-hybridized carbons (Fsp3) is 0.357. The molecule has 2 aromatic rings. The zero-order valence-electron chi connectivity index (χ0n) is 10.6. The lowest BCUT2D eigenvalue weighted by molar-refractivity contribution is 0.574. The van der Waals surface area contributed by atoms with Crippen molar-refractivity contribution >= 4 is 11.6 Å². The van der Waals surface area contributed by atoms with Gasteiger partial charge in [0.1, 0.15) is 5.82 Å². The Morgan fingerprint density at radius 3 is 2.67 bits per heavy atom. The van der Waals surface area contributed by atoms with E-state index in [1.807, 2.05) is 4.68 Å². The highest BCUT2D eigenvalue weighted by Crippen LogP contribution is 2.17. The van der Waals surface area contributed by atoms with E-state index in [-0.39, 0.29) is 5.82 Å². The zero-order valence-corrected chi connectivity index (χ0v) is 11.3. The van der Waals surface area contributed by atoms with Crippen LogP contribution in [0, 0.1) is 5.82 Å². The van der Waals surface area contributed by atoms with Gasteiger partial charge in [-0.15, -0.1) is 0 Å². The SMILES string of the molecule is CCc1cc(CC)n(Cc2cc(Cl)ccc2F)n1. The van der Waals surface area contributed by atoms with Crippen molar-refractivity contribution in [2.24, 2.45) is 0 Å². The van der Waals surface area contributed by atoms with Gasteiger partial charge < -0.3 is 0 Å².